The van der Waals surface area contributed by atoms with Gasteiger partial charge in [-0.15, -0.1) is 11.8 Å². The first-order valence-electron chi connectivity index (χ1n) is 5.35. The quantitative estimate of drug-likeness (QED) is 0.810. The number of carbonyl (C=O) groups is 2. The van der Waals surface area contributed by atoms with Gasteiger partial charge in [0.05, 0.1) is 0 Å². The minimum atomic E-state index is -1.07. The van der Waals surface area contributed by atoms with Gasteiger partial charge in [0, 0.05) is 10.7 Å². The molecule has 0 bridgehead atoms. The van der Waals surface area contributed by atoms with Crippen LogP contribution in [0, 0.1) is 0 Å². The molecule has 17 heavy (non-hydrogen) atoms. The number of amides is 1. The Balaban J connectivity index is 2.62. The van der Waals surface area contributed by atoms with Crippen molar-refractivity contribution in [1.82, 2.24) is 5.32 Å². The maximum absolute atomic E-state index is 11.5. The van der Waals surface area contributed by atoms with Crippen molar-refractivity contribution in [1.29, 1.82) is 0 Å². The minimum absolute atomic E-state index is 0.635. The molecular formula is C11H17NO4S. The fourth-order valence-electron chi connectivity index (χ4n) is 1.32. The predicted octanol–water partition coefficient (Wildman–Crippen LogP) is 1.99. The molecule has 1 rings (SSSR count). The molecule has 5 nitrogen and oxygen atoms in total. The van der Waals surface area contributed by atoms with Gasteiger partial charge >= 0.3 is 12.1 Å². The molecule has 1 atom stereocenters. The van der Waals surface area contributed by atoms with Crippen molar-refractivity contribution in [3.8, 4) is 0 Å². The summed E-state index contributed by atoms with van der Waals surface area (Å²) in [4.78, 5) is 23.2. The van der Waals surface area contributed by atoms with Crippen molar-refractivity contribution in [2.45, 2.75) is 38.8 Å². The van der Waals surface area contributed by atoms with E-state index in [1.165, 1.54) is 11.8 Å². The SMILES string of the molecule is CC(C)(C)OC(=O)NC(C(=O)O)C1=CCCS1. The Morgan fingerprint density at radius 1 is 1.53 bits per heavy atom. The number of aliphatic carboxylic acids is 1. The van der Waals surface area contributed by atoms with E-state index < -0.39 is 23.7 Å². The maximum atomic E-state index is 11.5. The Bertz CT molecular complexity index is 346. The molecule has 0 aliphatic carbocycles. The van der Waals surface area contributed by atoms with Crippen LogP contribution in [0.2, 0.25) is 0 Å². The topological polar surface area (TPSA) is 75.6 Å². The molecule has 0 spiro atoms. The van der Waals surface area contributed by atoms with Crippen molar-refractivity contribution in [2.24, 2.45) is 0 Å². The second kappa shape index (κ2) is 5.44. The molecule has 0 aromatic carbocycles. The van der Waals surface area contributed by atoms with Crippen LogP contribution in [0.4, 0.5) is 4.79 Å². The fraction of sp³-hybridized carbons (Fsp3) is 0.636. The first-order chi connectivity index (χ1) is 7.79. The molecule has 1 amide bonds. The first-order valence-corrected chi connectivity index (χ1v) is 6.33. The van der Waals surface area contributed by atoms with E-state index in [-0.39, 0.29) is 0 Å². The average Bonchev–Trinajstić information content (AvgIpc) is 2.63. The molecule has 96 valence electrons. The number of allylic oxidation sites excluding steroid dienone is 1. The minimum Gasteiger partial charge on any atom is -0.479 e. The molecule has 0 aromatic rings. The van der Waals surface area contributed by atoms with Crippen LogP contribution in [0.5, 0.6) is 0 Å². The Hall–Kier alpha value is -1.17. The number of ether oxygens (including phenoxy) is 1. The molecule has 0 fully saturated rings. The molecular weight excluding hydrogens is 242 g/mol. The number of alkyl carbamates (subject to hydrolysis) is 1. The smallest absolute Gasteiger partial charge is 0.408 e. The van der Waals surface area contributed by atoms with Crippen LogP contribution in [0.3, 0.4) is 0 Å². The van der Waals surface area contributed by atoms with Gasteiger partial charge in [-0.2, -0.15) is 0 Å². The van der Waals surface area contributed by atoms with Crippen LogP contribution in [0.1, 0.15) is 27.2 Å². The monoisotopic (exact) mass is 259 g/mol. The maximum Gasteiger partial charge on any atom is 0.408 e. The summed E-state index contributed by atoms with van der Waals surface area (Å²) in [5, 5.41) is 11.4. The Labute approximate surface area is 105 Å². The van der Waals surface area contributed by atoms with E-state index in [1.54, 1.807) is 20.8 Å². The molecule has 0 radical (unpaired) electrons. The highest BCUT2D eigenvalue weighted by Crippen LogP contribution is 2.27. The third-order valence-electron chi connectivity index (χ3n) is 1.92. The molecule has 1 heterocycles. The van der Waals surface area contributed by atoms with Crippen molar-refractivity contribution < 1.29 is 19.4 Å². The number of thioether (sulfide) groups is 1. The highest BCUT2D eigenvalue weighted by atomic mass is 32.2. The first kappa shape index (κ1) is 13.9. The van der Waals surface area contributed by atoms with Gasteiger partial charge in [-0.05, 0) is 27.2 Å². The van der Waals surface area contributed by atoms with Gasteiger partial charge in [-0.3, -0.25) is 0 Å². The van der Waals surface area contributed by atoms with Gasteiger partial charge < -0.3 is 15.2 Å². The van der Waals surface area contributed by atoms with Gasteiger partial charge in [0.1, 0.15) is 5.60 Å². The number of nitrogens with one attached hydrogen (secondary N) is 1. The lowest BCUT2D eigenvalue weighted by molar-refractivity contribution is -0.138. The largest absolute Gasteiger partial charge is 0.479 e. The zero-order valence-electron chi connectivity index (χ0n) is 10.1. The molecule has 0 aromatic heterocycles. The van der Waals surface area contributed by atoms with Crippen molar-refractivity contribution in [3.63, 3.8) is 0 Å². The van der Waals surface area contributed by atoms with Gasteiger partial charge in [-0.1, -0.05) is 6.08 Å². The summed E-state index contributed by atoms with van der Waals surface area (Å²) in [7, 11) is 0. The van der Waals surface area contributed by atoms with Crippen LogP contribution in [-0.4, -0.2) is 34.6 Å². The van der Waals surface area contributed by atoms with Gasteiger partial charge in [-0.25, -0.2) is 9.59 Å². The lowest BCUT2D eigenvalue weighted by Gasteiger charge is -2.22. The summed E-state index contributed by atoms with van der Waals surface area (Å²) in [6.45, 7) is 5.18. The number of carboxylic acid groups (broad SMARTS) is 1. The van der Waals surface area contributed by atoms with E-state index in [4.69, 9.17) is 9.84 Å². The predicted molar refractivity (Wildman–Crippen MR) is 66.0 cm³/mol. The summed E-state index contributed by atoms with van der Waals surface area (Å²) in [6, 6.07) is -1.00. The van der Waals surface area contributed by atoms with E-state index in [0.717, 1.165) is 12.2 Å². The Kier molecular flexibility index (Phi) is 4.45. The van der Waals surface area contributed by atoms with Crippen LogP contribution < -0.4 is 5.32 Å². The van der Waals surface area contributed by atoms with E-state index in [9.17, 15) is 9.59 Å². The summed E-state index contributed by atoms with van der Waals surface area (Å²) < 4.78 is 5.03. The second-order valence-corrected chi connectivity index (χ2v) is 5.83. The number of carboxylic acids is 1. The highest BCUT2D eigenvalue weighted by Gasteiger charge is 2.28. The normalized spacial score (nSPS) is 17.2. The molecule has 0 saturated carbocycles. The van der Waals surface area contributed by atoms with Crippen LogP contribution in [0.15, 0.2) is 11.0 Å². The molecule has 2 N–H and O–H groups in total. The van der Waals surface area contributed by atoms with Gasteiger partial charge in [0.15, 0.2) is 6.04 Å². The van der Waals surface area contributed by atoms with Crippen molar-refractivity contribution >= 4 is 23.8 Å². The molecule has 1 unspecified atom stereocenters. The summed E-state index contributed by atoms with van der Waals surface area (Å²) in [6.07, 6.45) is 1.96. The molecule has 1 aliphatic heterocycles. The highest BCUT2D eigenvalue weighted by molar-refractivity contribution is 8.03. The zero-order valence-corrected chi connectivity index (χ0v) is 11.0. The van der Waals surface area contributed by atoms with E-state index in [0.29, 0.717) is 4.91 Å². The molecule has 6 heteroatoms. The summed E-state index contributed by atoms with van der Waals surface area (Å²) >= 11 is 1.45. The Morgan fingerprint density at radius 2 is 2.18 bits per heavy atom. The fourth-order valence-corrected chi connectivity index (χ4v) is 2.35. The van der Waals surface area contributed by atoms with Gasteiger partial charge in [0.25, 0.3) is 0 Å². The van der Waals surface area contributed by atoms with Crippen LogP contribution in [0.25, 0.3) is 0 Å². The lowest BCUT2D eigenvalue weighted by atomic mass is 10.2. The van der Waals surface area contributed by atoms with Crippen molar-refractivity contribution in [2.75, 3.05) is 5.75 Å². The van der Waals surface area contributed by atoms with E-state index in [2.05, 4.69) is 5.32 Å². The lowest BCUT2D eigenvalue weighted by Crippen LogP contribution is -2.43. The number of carbonyl (C=O) groups excluding carboxylic acids is 1. The third-order valence-corrected chi connectivity index (χ3v) is 3.10. The van der Waals surface area contributed by atoms with E-state index >= 15 is 0 Å². The molecule has 1 aliphatic rings. The summed E-state index contributed by atoms with van der Waals surface area (Å²) in [5.41, 5.74) is -0.635. The standard InChI is InChI=1S/C11H17NO4S/c1-11(2,3)16-10(15)12-8(9(13)14)7-5-4-6-17-7/h5,8H,4,6H2,1-3H3,(H,12,15)(H,13,14). The zero-order chi connectivity index (χ0) is 13.1. The number of rotatable bonds is 3. The molecule has 0 saturated heterocycles. The number of hydrogen-bond acceptors (Lipinski definition) is 4. The second-order valence-electron chi connectivity index (χ2n) is 4.66. The third kappa shape index (κ3) is 4.68. The summed E-state index contributed by atoms with van der Waals surface area (Å²) in [5.74, 6) is -0.216. The van der Waals surface area contributed by atoms with E-state index in [1.807, 2.05) is 6.08 Å². The van der Waals surface area contributed by atoms with Gasteiger partial charge in [0.2, 0.25) is 0 Å². The number of hydrogen-bond donors (Lipinski definition) is 2. The van der Waals surface area contributed by atoms with Crippen molar-refractivity contribution in [3.05, 3.63) is 11.0 Å². The van der Waals surface area contributed by atoms with Crippen LogP contribution in [-0.2, 0) is 9.53 Å². The van der Waals surface area contributed by atoms with Crippen LogP contribution >= 0.6 is 11.8 Å². The average molecular weight is 259 g/mol. The Morgan fingerprint density at radius 3 is 2.59 bits per heavy atom.